The number of aromatic nitrogens is 2. The maximum Gasteiger partial charge on any atom is 0.226 e. The fourth-order valence-corrected chi connectivity index (χ4v) is 2.29. The Kier molecular flexibility index (Phi) is 8.92. The number of carbonyl (C=O) groups excluding carboxylic acids is 1. The van der Waals surface area contributed by atoms with Crippen molar-refractivity contribution in [1.29, 1.82) is 0 Å². The molecule has 0 saturated heterocycles. The molecule has 0 fully saturated rings. The monoisotopic (exact) mass is 348 g/mol. The van der Waals surface area contributed by atoms with Gasteiger partial charge in [-0.05, 0) is 18.6 Å². The molecule has 5 nitrogen and oxygen atoms in total. The van der Waals surface area contributed by atoms with E-state index in [9.17, 15) is 4.79 Å². The Morgan fingerprint density at radius 3 is 2.67 bits per heavy atom. The third kappa shape index (κ3) is 6.29. The Morgan fingerprint density at radius 1 is 1.33 bits per heavy atom. The molecule has 0 spiro atoms. The van der Waals surface area contributed by atoms with E-state index >= 15 is 0 Å². The second-order valence-electron chi connectivity index (χ2n) is 4.12. The fraction of sp³-hybridized carbons (Fsp3) is 0.308. The number of anilines is 1. The molecular formula is C13H18Cl2N4OS. The normalized spacial score (nSPS) is 9.38. The van der Waals surface area contributed by atoms with E-state index in [4.69, 9.17) is 5.73 Å². The molecule has 0 atom stereocenters. The van der Waals surface area contributed by atoms with E-state index < -0.39 is 0 Å². The predicted octanol–water partition coefficient (Wildman–Crippen LogP) is 2.39. The zero-order valence-corrected chi connectivity index (χ0v) is 14.0. The molecule has 21 heavy (non-hydrogen) atoms. The van der Waals surface area contributed by atoms with Gasteiger partial charge in [0.2, 0.25) is 5.91 Å². The lowest BCUT2D eigenvalue weighted by atomic mass is 10.2. The van der Waals surface area contributed by atoms with E-state index in [0.717, 1.165) is 17.1 Å². The van der Waals surface area contributed by atoms with Gasteiger partial charge in [0.05, 0.1) is 35.6 Å². The minimum atomic E-state index is -0.0664. The van der Waals surface area contributed by atoms with Gasteiger partial charge in [0, 0.05) is 11.1 Å². The minimum absolute atomic E-state index is 0. The van der Waals surface area contributed by atoms with Gasteiger partial charge in [-0.3, -0.25) is 9.78 Å². The van der Waals surface area contributed by atoms with Crippen LogP contribution in [0.3, 0.4) is 0 Å². The van der Waals surface area contributed by atoms with Gasteiger partial charge in [0.1, 0.15) is 0 Å². The summed E-state index contributed by atoms with van der Waals surface area (Å²) in [6.45, 7) is 2.53. The third-order valence-electron chi connectivity index (χ3n) is 2.56. The molecule has 2 aromatic heterocycles. The van der Waals surface area contributed by atoms with Crippen LogP contribution < -0.4 is 11.1 Å². The van der Waals surface area contributed by atoms with Gasteiger partial charge < -0.3 is 11.1 Å². The highest BCUT2D eigenvalue weighted by atomic mass is 35.5. The average molecular weight is 349 g/mol. The van der Waals surface area contributed by atoms with Crippen molar-refractivity contribution in [1.82, 2.24) is 15.3 Å². The first-order valence-corrected chi connectivity index (χ1v) is 6.95. The highest BCUT2D eigenvalue weighted by Gasteiger charge is 2.06. The van der Waals surface area contributed by atoms with Crippen LogP contribution >= 0.6 is 36.2 Å². The highest BCUT2D eigenvalue weighted by Crippen LogP contribution is 2.09. The van der Waals surface area contributed by atoms with E-state index in [2.05, 4.69) is 22.2 Å². The number of pyridine rings is 1. The Morgan fingerprint density at radius 2 is 2.10 bits per heavy atom. The van der Waals surface area contributed by atoms with Crippen LogP contribution in [0, 0.1) is 0 Å². The molecule has 0 aromatic carbocycles. The van der Waals surface area contributed by atoms with Crippen LogP contribution in [0.4, 0.5) is 5.69 Å². The van der Waals surface area contributed by atoms with Crippen molar-refractivity contribution in [3.63, 3.8) is 0 Å². The van der Waals surface area contributed by atoms with Crippen molar-refractivity contribution in [2.24, 2.45) is 0 Å². The molecule has 116 valence electrons. The number of hydrogen-bond acceptors (Lipinski definition) is 5. The summed E-state index contributed by atoms with van der Waals surface area (Å²) in [7, 11) is 0. The third-order valence-corrected chi connectivity index (χ3v) is 3.60. The summed E-state index contributed by atoms with van der Waals surface area (Å²) < 4.78 is 0. The van der Waals surface area contributed by atoms with Crippen molar-refractivity contribution in [3.8, 4) is 0 Å². The summed E-state index contributed by atoms with van der Waals surface area (Å²) in [6.07, 6.45) is 2.73. The lowest BCUT2D eigenvalue weighted by Crippen LogP contribution is -2.25. The average Bonchev–Trinajstić information content (AvgIpc) is 2.87. The first-order valence-electron chi connectivity index (χ1n) is 6.07. The van der Waals surface area contributed by atoms with Crippen LogP contribution in [-0.4, -0.2) is 15.9 Å². The summed E-state index contributed by atoms with van der Waals surface area (Å²) in [6, 6.07) is 3.50. The van der Waals surface area contributed by atoms with Gasteiger partial charge in [0.25, 0.3) is 0 Å². The molecule has 0 aliphatic rings. The highest BCUT2D eigenvalue weighted by molar-refractivity contribution is 7.09. The molecule has 0 saturated carbocycles. The minimum Gasteiger partial charge on any atom is -0.397 e. The van der Waals surface area contributed by atoms with Gasteiger partial charge in [-0.25, -0.2) is 4.98 Å². The van der Waals surface area contributed by atoms with Gasteiger partial charge in [-0.2, -0.15) is 0 Å². The van der Waals surface area contributed by atoms with E-state index in [1.165, 1.54) is 0 Å². The van der Waals surface area contributed by atoms with E-state index in [1.807, 2.05) is 5.38 Å². The maximum atomic E-state index is 11.7. The molecule has 2 rings (SSSR count). The standard InChI is InChI=1S/C13H16N4OS.2ClH/c1-2-13-17-11(8-19-13)7-16-12(18)5-10-4-3-9(14)6-15-10;;/h3-4,6,8H,2,5,7,14H2,1H3,(H,16,18);2*1H. The molecule has 3 N–H and O–H groups in total. The van der Waals surface area contributed by atoms with Crippen LogP contribution in [0.1, 0.15) is 23.3 Å². The molecule has 0 aliphatic heterocycles. The Balaban J connectivity index is 0.00000200. The quantitative estimate of drug-likeness (QED) is 0.869. The summed E-state index contributed by atoms with van der Waals surface area (Å²) in [5.74, 6) is -0.0664. The first kappa shape index (κ1) is 19.6. The topological polar surface area (TPSA) is 80.9 Å². The zero-order valence-electron chi connectivity index (χ0n) is 11.5. The number of nitrogen functional groups attached to an aromatic ring is 1. The van der Waals surface area contributed by atoms with Crippen LogP contribution in [0.2, 0.25) is 0 Å². The van der Waals surface area contributed by atoms with Crippen molar-refractivity contribution in [2.75, 3.05) is 5.73 Å². The van der Waals surface area contributed by atoms with Crippen molar-refractivity contribution in [2.45, 2.75) is 26.3 Å². The Hall–Kier alpha value is -1.37. The second-order valence-corrected chi connectivity index (χ2v) is 5.07. The molecular weight excluding hydrogens is 331 g/mol. The van der Waals surface area contributed by atoms with Crippen molar-refractivity contribution < 1.29 is 4.79 Å². The summed E-state index contributed by atoms with van der Waals surface area (Å²) in [5.41, 5.74) is 7.74. The number of nitrogens with one attached hydrogen (secondary N) is 1. The molecule has 2 heterocycles. The number of carbonyl (C=O) groups is 1. The summed E-state index contributed by atoms with van der Waals surface area (Å²) >= 11 is 1.62. The molecule has 1 amide bonds. The van der Waals surface area contributed by atoms with Crippen LogP contribution in [0.25, 0.3) is 0 Å². The summed E-state index contributed by atoms with van der Waals surface area (Å²) in [4.78, 5) is 20.2. The van der Waals surface area contributed by atoms with Crippen molar-refractivity contribution >= 4 is 47.7 Å². The molecule has 2 aromatic rings. The molecule has 0 bridgehead atoms. The largest absolute Gasteiger partial charge is 0.397 e. The second kappa shape index (κ2) is 9.55. The predicted molar refractivity (Wildman–Crippen MR) is 90.2 cm³/mol. The van der Waals surface area contributed by atoms with Gasteiger partial charge in [-0.1, -0.05) is 6.92 Å². The SMILES string of the molecule is CCc1nc(CNC(=O)Cc2ccc(N)cn2)cs1.Cl.Cl. The van der Waals surface area contributed by atoms with Crippen LogP contribution in [0.15, 0.2) is 23.7 Å². The smallest absolute Gasteiger partial charge is 0.226 e. The number of amides is 1. The fourth-order valence-electron chi connectivity index (χ4n) is 1.55. The molecule has 0 aliphatic carbocycles. The molecule has 0 radical (unpaired) electrons. The zero-order chi connectivity index (χ0) is 13.7. The number of nitrogens with zero attached hydrogens (tertiary/aromatic N) is 2. The van der Waals surface area contributed by atoms with Gasteiger partial charge >= 0.3 is 0 Å². The Labute approximate surface area is 140 Å². The molecule has 8 heteroatoms. The van der Waals surface area contributed by atoms with E-state index in [1.54, 1.807) is 29.7 Å². The van der Waals surface area contributed by atoms with Gasteiger partial charge in [0.15, 0.2) is 0 Å². The van der Waals surface area contributed by atoms with Crippen molar-refractivity contribution in [3.05, 3.63) is 40.1 Å². The van der Waals surface area contributed by atoms with E-state index in [0.29, 0.717) is 17.9 Å². The van der Waals surface area contributed by atoms with E-state index in [-0.39, 0.29) is 37.1 Å². The van der Waals surface area contributed by atoms with Gasteiger partial charge in [-0.15, -0.1) is 36.2 Å². The number of aryl methyl sites for hydroxylation is 1. The Bertz CT molecular complexity index is 560. The lowest BCUT2D eigenvalue weighted by Gasteiger charge is -2.03. The van der Waals surface area contributed by atoms with Crippen LogP contribution in [-0.2, 0) is 24.2 Å². The number of hydrogen-bond donors (Lipinski definition) is 2. The van der Waals surface area contributed by atoms with Crippen LogP contribution in [0.5, 0.6) is 0 Å². The molecule has 0 unspecified atom stereocenters. The first-order chi connectivity index (χ1) is 9.17. The number of thiazole rings is 1. The number of halogens is 2. The number of nitrogens with two attached hydrogens (primary N) is 1. The number of rotatable bonds is 5. The lowest BCUT2D eigenvalue weighted by molar-refractivity contribution is -0.120. The maximum absolute atomic E-state index is 11.7. The summed E-state index contributed by atoms with van der Waals surface area (Å²) in [5, 5.41) is 5.89.